The third-order valence-electron chi connectivity index (χ3n) is 6.91. The quantitative estimate of drug-likeness (QED) is 0.283. The molecule has 0 amide bonds. The summed E-state index contributed by atoms with van der Waals surface area (Å²) in [7, 11) is -3.38. The Morgan fingerprint density at radius 3 is 2.51 bits per heavy atom. The Morgan fingerprint density at radius 1 is 1.12 bits per heavy atom. The minimum atomic E-state index is -3.38. The second kappa shape index (κ2) is 12.2. The molecule has 5 atom stereocenters. The lowest BCUT2D eigenvalue weighted by molar-refractivity contribution is -0.201. The van der Waals surface area contributed by atoms with Gasteiger partial charge < -0.3 is 37.9 Å². The van der Waals surface area contributed by atoms with Gasteiger partial charge in [0, 0.05) is 12.2 Å². The number of rotatable bonds is 12. The minimum absolute atomic E-state index is 0.0289. The van der Waals surface area contributed by atoms with Crippen LogP contribution in [0.25, 0.3) is 11.0 Å². The Kier molecular flexibility index (Phi) is 8.78. The first-order valence-electron chi connectivity index (χ1n) is 13.7. The van der Waals surface area contributed by atoms with Gasteiger partial charge in [0.05, 0.1) is 25.2 Å². The molecule has 2 aliphatic heterocycles. The van der Waals surface area contributed by atoms with Crippen molar-refractivity contribution in [1.82, 2.24) is 14.5 Å². The van der Waals surface area contributed by atoms with Gasteiger partial charge in [-0.15, -0.1) is 0 Å². The molecule has 220 valence electrons. The van der Waals surface area contributed by atoms with Gasteiger partial charge in [-0.2, -0.15) is 5.26 Å². The fourth-order valence-electron chi connectivity index (χ4n) is 5.23. The van der Waals surface area contributed by atoms with Crippen LogP contribution in [0.1, 0.15) is 58.3 Å². The van der Waals surface area contributed by atoms with E-state index in [9.17, 15) is 9.83 Å². The van der Waals surface area contributed by atoms with Crippen molar-refractivity contribution in [3.05, 3.63) is 54.0 Å². The highest BCUT2D eigenvalue weighted by Crippen LogP contribution is 2.49. The Balaban J connectivity index is 1.41. The van der Waals surface area contributed by atoms with Gasteiger partial charge in [-0.1, -0.05) is 30.3 Å². The molecule has 2 aromatic heterocycles. The average molecular weight is 586 g/mol. The molecule has 5 rings (SSSR count). The molecule has 1 aromatic carbocycles. The van der Waals surface area contributed by atoms with Crippen molar-refractivity contribution in [1.29, 1.82) is 5.26 Å². The molecular formula is C28H36N5O7P. The van der Waals surface area contributed by atoms with Crippen LogP contribution in [-0.2, 0) is 32.6 Å². The average Bonchev–Trinajstić information content (AvgIpc) is 3.60. The predicted octanol–water partition coefficient (Wildman–Crippen LogP) is 5.13. The molecule has 41 heavy (non-hydrogen) atoms. The van der Waals surface area contributed by atoms with Gasteiger partial charge in [0.2, 0.25) is 5.82 Å². The monoisotopic (exact) mass is 585 g/mol. The molecule has 1 unspecified atom stereocenters. The largest absolute Gasteiger partial charge is 0.366 e. The maximum absolute atomic E-state index is 12.9. The van der Waals surface area contributed by atoms with Gasteiger partial charge in [0.1, 0.15) is 42.2 Å². The van der Waals surface area contributed by atoms with Crippen molar-refractivity contribution in [2.45, 2.75) is 71.0 Å². The number of ether oxygens (including phenoxy) is 4. The maximum Gasteiger partial charge on any atom is 0.356 e. The van der Waals surface area contributed by atoms with E-state index in [2.05, 4.69) is 21.4 Å². The molecular weight excluding hydrogens is 549 g/mol. The SMILES string of the molecule is CCOP(=O)(COCC1O[C@@H](n2ccc3c(N[C@H](C)c4ccccc4)nc(C#N)nc32)[C@@H]2OC(C)(C)O[C@H]12)OCC. The lowest BCUT2D eigenvalue weighted by atomic mass is 10.1. The summed E-state index contributed by atoms with van der Waals surface area (Å²) in [6.45, 7) is 9.78. The molecule has 0 radical (unpaired) electrons. The zero-order chi connectivity index (χ0) is 29.2. The predicted molar refractivity (Wildman–Crippen MR) is 150 cm³/mol. The summed E-state index contributed by atoms with van der Waals surface area (Å²) in [4.78, 5) is 8.98. The van der Waals surface area contributed by atoms with E-state index < -0.39 is 37.9 Å². The van der Waals surface area contributed by atoms with Gasteiger partial charge >= 0.3 is 7.60 Å². The lowest BCUT2D eigenvalue weighted by Crippen LogP contribution is -2.33. The van der Waals surface area contributed by atoms with Crippen molar-refractivity contribution in [3.8, 4) is 6.07 Å². The first kappa shape index (κ1) is 29.6. The number of nitrogens with zero attached hydrogens (tertiary/aromatic N) is 4. The molecule has 0 aliphatic carbocycles. The summed E-state index contributed by atoms with van der Waals surface area (Å²) in [6.07, 6.45) is -0.468. The highest BCUT2D eigenvalue weighted by molar-refractivity contribution is 7.53. The normalized spacial score (nSPS) is 24.3. The standard InChI is InChI=1S/C28H36N5O7P/c1-6-36-41(34,37-7-2)17-35-16-21-23-24(40-28(4,5)39-23)27(38-21)33-14-13-20-25(31-22(15-29)32-26(20)33)30-18(3)19-11-9-8-10-12-19/h8-14,18,21,23-24,27H,6-7,16-17H2,1-5H3,(H,30,31,32)/t18-,21?,23-,24-,27-/m1/s1. The van der Waals surface area contributed by atoms with E-state index in [1.807, 2.05) is 67.9 Å². The molecule has 0 spiro atoms. The van der Waals surface area contributed by atoms with Crippen LogP contribution in [-0.4, -0.2) is 64.8 Å². The summed E-state index contributed by atoms with van der Waals surface area (Å²) in [6, 6.07) is 13.9. The summed E-state index contributed by atoms with van der Waals surface area (Å²) >= 11 is 0. The smallest absolute Gasteiger partial charge is 0.356 e. The van der Waals surface area contributed by atoms with Gasteiger partial charge in [-0.3, -0.25) is 4.57 Å². The zero-order valence-electron chi connectivity index (χ0n) is 23.9. The summed E-state index contributed by atoms with van der Waals surface area (Å²) in [5.41, 5.74) is 1.61. The van der Waals surface area contributed by atoms with Crippen LogP contribution in [0.2, 0.25) is 0 Å². The van der Waals surface area contributed by atoms with Gasteiger partial charge in [0.25, 0.3) is 0 Å². The molecule has 12 nitrogen and oxygen atoms in total. The molecule has 2 fully saturated rings. The number of anilines is 1. The first-order valence-corrected chi connectivity index (χ1v) is 15.5. The van der Waals surface area contributed by atoms with Crippen molar-refractivity contribution in [2.75, 3.05) is 31.5 Å². The number of hydrogen-bond donors (Lipinski definition) is 1. The van der Waals surface area contributed by atoms with E-state index in [0.29, 0.717) is 11.5 Å². The summed E-state index contributed by atoms with van der Waals surface area (Å²) in [5.74, 6) is -0.279. The summed E-state index contributed by atoms with van der Waals surface area (Å²) < 4.78 is 50.1. The van der Waals surface area contributed by atoms with Crippen molar-refractivity contribution in [3.63, 3.8) is 0 Å². The highest BCUT2D eigenvalue weighted by Gasteiger charge is 2.56. The van der Waals surface area contributed by atoms with E-state index in [4.69, 9.17) is 28.0 Å². The number of fused-ring (bicyclic) bond motifs is 2. The van der Waals surface area contributed by atoms with Crippen molar-refractivity contribution < 1.29 is 32.6 Å². The molecule has 4 heterocycles. The van der Waals surface area contributed by atoms with E-state index in [-0.39, 0.29) is 38.0 Å². The zero-order valence-corrected chi connectivity index (χ0v) is 24.7. The van der Waals surface area contributed by atoms with Gasteiger partial charge in [-0.05, 0) is 46.2 Å². The Bertz CT molecular complexity index is 1430. The second-order valence-electron chi connectivity index (χ2n) is 10.3. The van der Waals surface area contributed by atoms with E-state index in [0.717, 1.165) is 10.9 Å². The van der Waals surface area contributed by atoms with E-state index in [1.165, 1.54) is 0 Å². The minimum Gasteiger partial charge on any atom is -0.366 e. The summed E-state index contributed by atoms with van der Waals surface area (Å²) in [5, 5.41) is 13.9. The third-order valence-corrected chi connectivity index (χ3v) is 8.71. The van der Waals surface area contributed by atoms with Crippen LogP contribution in [0.15, 0.2) is 42.6 Å². The number of nitriles is 1. The molecule has 13 heteroatoms. The maximum atomic E-state index is 12.9. The van der Waals surface area contributed by atoms with Crippen LogP contribution in [0, 0.1) is 11.3 Å². The number of aromatic nitrogens is 3. The third kappa shape index (κ3) is 6.32. The van der Waals surface area contributed by atoms with Crippen molar-refractivity contribution >= 4 is 24.4 Å². The molecule has 3 aromatic rings. The van der Waals surface area contributed by atoms with Crippen LogP contribution >= 0.6 is 7.60 Å². The van der Waals surface area contributed by atoms with Crippen LogP contribution in [0.4, 0.5) is 5.82 Å². The Labute approximate surface area is 239 Å². The molecule has 2 saturated heterocycles. The van der Waals surface area contributed by atoms with Crippen LogP contribution in [0.3, 0.4) is 0 Å². The number of nitrogens with one attached hydrogen (secondary N) is 1. The second-order valence-corrected chi connectivity index (χ2v) is 12.3. The van der Waals surface area contributed by atoms with Crippen LogP contribution in [0.5, 0.6) is 0 Å². The van der Waals surface area contributed by atoms with Gasteiger partial charge in [0.15, 0.2) is 12.0 Å². The first-order chi connectivity index (χ1) is 19.7. The number of benzene rings is 1. The van der Waals surface area contributed by atoms with E-state index in [1.54, 1.807) is 13.8 Å². The lowest BCUT2D eigenvalue weighted by Gasteiger charge is -2.25. The fourth-order valence-corrected chi connectivity index (χ4v) is 6.57. The van der Waals surface area contributed by atoms with Crippen LogP contribution < -0.4 is 5.32 Å². The van der Waals surface area contributed by atoms with E-state index >= 15 is 0 Å². The van der Waals surface area contributed by atoms with Crippen molar-refractivity contribution in [2.24, 2.45) is 0 Å². The highest BCUT2D eigenvalue weighted by atomic mass is 31.2. The molecule has 0 bridgehead atoms. The Hall–Kier alpha value is -2.88. The van der Waals surface area contributed by atoms with Gasteiger partial charge in [-0.25, -0.2) is 9.97 Å². The Morgan fingerprint density at radius 2 is 1.83 bits per heavy atom. The molecule has 0 saturated carbocycles. The molecule has 2 aliphatic rings. The number of hydrogen-bond acceptors (Lipinski definition) is 11. The molecule has 1 N–H and O–H groups in total. The fraction of sp³-hybridized carbons (Fsp3) is 0.536. The topological polar surface area (TPSA) is 139 Å².